The fourth-order valence-electron chi connectivity index (χ4n) is 5.58. The molecule has 1 unspecified atom stereocenters. The fourth-order valence-corrected chi connectivity index (χ4v) is 5.58. The Hall–Kier alpha value is -2.38. The molecule has 3 fully saturated rings. The first-order valence-corrected chi connectivity index (χ1v) is 11.9. The third-order valence-electron chi connectivity index (χ3n) is 7.49. The van der Waals surface area contributed by atoms with E-state index >= 15 is 0 Å². The van der Waals surface area contributed by atoms with E-state index in [1.54, 1.807) is 12.0 Å². The van der Waals surface area contributed by atoms with Gasteiger partial charge in [-0.05, 0) is 55.9 Å². The second-order valence-corrected chi connectivity index (χ2v) is 9.57. The second kappa shape index (κ2) is 8.87. The largest absolute Gasteiger partial charge is 0.489 e. The van der Waals surface area contributed by atoms with Crippen molar-refractivity contribution < 1.29 is 19.1 Å². The number of fused-ring (bicyclic) bond motifs is 1. The summed E-state index contributed by atoms with van der Waals surface area (Å²) in [5.41, 5.74) is 2.35. The van der Waals surface area contributed by atoms with E-state index in [4.69, 9.17) is 9.47 Å². The molecule has 2 amide bonds. The zero-order chi connectivity index (χ0) is 22.2. The maximum absolute atomic E-state index is 13.0. The Morgan fingerprint density at radius 1 is 1.09 bits per heavy atom. The Morgan fingerprint density at radius 2 is 1.91 bits per heavy atom. The molecule has 1 saturated carbocycles. The summed E-state index contributed by atoms with van der Waals surface area (Å²) in [6.07, 6.45) is 7.69. The molecule has 1 aliphatic carbocycles. The highest BCUT2D eigenvalue weighted by Crippen LogP contribution is 2.33. The zero-order valence-corrected chi connectivity index (χ0v) is 18.8. The molecule has 7 nitrogen and oxygen atoms in total. The smallest absolute Gasteiger partial charge is 0.255 e. The minimum absolute atomic E-state index is 0.0715. The molecule has 1 aromatic rings. The predicted octanol–water partition coefficient (Wildman–Crippen LogP) is 2.85. The van der Waals surface area contributed by atoms with Gasteiger partial charge in [-0.3, -0.25) is 14.5 Å². The van der Waals surface area contributed by atoms with Crippen LogP contribution >= 0.6 is 0 Å². The summed E-state index contributed by atoms with van der Waals surface area (Å²) in [6, 6.07) is 5.76. The van der Waals surface area contributed by atoms with Gasteiger partial charge in [0.25, 0.3) is 5.91 Å². The van der Waals surface area contributed by atoms with Gasteiger partial charge in [0.15, 0.2) is 0 Å². The van der Waals surface area contributed by atoms with E-state index in [1.165, 1.54) is 19.3 Å². The summed E-state index contributed by atoms with van der Waals surface area (Å²) in [5, 5.41) is 2.79. The molecule has 3 atom stereocenters. The van der Waals surface area contributed by atoms with E-state index < -0.39 is 6.04 Å². The number of carbonyl (C=O) groups excluding carboxylic acids is 2. The van der Waals surface area contributed by atoms with Gasteiger partial charge in [-0.25, -0.2) is 0 Å². The van der Waals surface area contributed by atoms with E-state index in [1.807, 2.05) is 18.2 Å². The van der Waals surface area contributed by atoms with Gasteiger partial charge in [0.1, 0.15) is 17.9 Å². The lowest BCUT2D eigenvalue weighted by molar-refractivity contribution is -0.126. The first-order valence-electron chi connectivity index (χ1n) is 11.9. The molecular weight excluding hydrogens is 406 g/mol. The van der Waals surface area contributed by atoms with Gasteiger partial charge in [0.2, 0.25) is 5.91 Å². The number of ether oxygens (including phenoxy) is 2. The lowest BCUT2D eigenvalue weighted by atomic mass is 9.98. The highest BCUT2D eigenvalue weighted by molar-refractivity contribution is 6.01. The Labute approximate surface area is 189 Å². The number of benzene rings is 1. The van der Waals surface area contributed by atoms with E-state index in [0.29, 0.717) is 37.1 Å². The highest BCUT2D eigenvalue weighted by Gasteiger charge is 2.40. The van der Waals surface area contributed by atoms with Crippen LogP contribution in [0.15, 0.2) is 30.5 Å². The first kappa shape index (κ1) is 21.5. The lowest BCUT2D eigenvalue weighted by Gasteiger charge is -2.45. The number of likely N-dealkylation sites (tertiary alicyclic amines) is 1. The van der Waals surface area contributed by atoms with Gasteiger partial charge >= 0.3 is 0 Å². The molecule has 3 heterocycles. The van der Waals surface area contributed by atoms with E-state index in [0.717, 1.165) is 42.9 Å². The number of amides is 2. The van der Waals surface area contributed by atoms with E-state index in [-0.39, 0.29) is 17.9 Å². The second-order valence-electron chi connectivity index (χ2n) is 9.57. The van der Waals surface area contributed by atoms with Crippen LogP contribution in [-0.2, 0) is 16.1 Å². The molecule has 1 N–H and O–H groups in total. The van der Waals surface area contributed by atoms with Crippen molar-refractivity contribution >= 4 is 11.8 Å². The molecule has 5 rings (SSSR count). The zero-order valence-electron chi connectivity index (χ0n) is 18.8. The summed E-state index contributed by atoms with van der Waals surface area (Å²) in [7, 11) is 1.78. The Morgan fingerprint density at radius 3 is 2.69 bits per heavy atom. The van der Waals surface area contributed by atoms with Gasteiger partial charge in [0.05, 0.1) is 6.10 Å². The monoisotopic (exact) mass is 439 g/mol. The average molecular weight is 440 g/mol. The number of carbonyl (C=O) groups is 2. The third-order valence-corrected chi connectivity index (χ3v) is 7.49. The van der Waals surface area contributed by atoms with Crippen molar-refractivity contribution in [2.45, 2.75) is 75.8 Å². The van der Waals surface area contributed by atoms with Crippen LogP contribution < -0.4 is 10.1 Å². The van der Waals surface area contributed by atoms with Crippen molar-refractivity contribution in [1.82, 2.24) is 15.1 Å². The summed E-state index contributed by atoms with van der Waals surface area (Å²) < 4.78 is 12.0. The maximum Gasteiger partial charge on any atom is 0.255 e. The molecular formula is C25H33N3O4. The van der Waals surface area contributed by atoms with Gasteiger partial charge in [-0.1, -0.05) is 19.4 Å². The van der Waals surface area contributed by atoms with Gasteiger partial charge < -0.3 is 19.7 Å². The normalized spacial score (nSPS) is 29.3. The number of hydrogen-bond donors (Lipinski definition) is 1. The van der Waals surface area contributed by atoms with Crippen LogP contribution in [0.25, 0.3) is 0 Å². The topological polar surface area (TPSA) is 71.1 Å². The van der Waals surface area contributed by atoms with E-state index in [9.17, 15) is 9.59 Å². The molecule has 32 heavy (non-hydrogen) atoms. The number of nitrogens with one attached hydrogen (secondary N) is 1. The first-order chi connectivity index (χ1) is 15.5. The molecule has 172 valence electrons. The quantitative estimate of drug-likeness (QED) is 0.715. The average Bonchev–Trinajstić information content (AvgIpc) is 2.90. The van der Waals surface area contributed by atoms with Crippen LogP contribution in [0.2, 0.25) is 0 Å². The van der Waals surface area contributed by atoms with Gasteiger partial charge in [0, 0.05) is 44.0 Å². The van der Waals surface area contributed by atoms with E-state index in [2.05, 4.69) is 16.8 Å². The summed E-state index contributed by atoms with van der Waals surface area (Å²) >= 11 is 0. The number of rotatable bonds is 5. The van der Waals surface area contributed by atoms with Crippen molar-refractivity contribution in [3.05, 3.63) is 41.6 Å². The van der Waals surface area contributed by atoms with Crippen LogP contribution in [0.5, 0.6) is 5.75 Å². The summed E-state index contributed by atoms with van der Waals surface area (Å²) in [4.78, 5) is 29.6. The van der Waals surface area contributed by atoms with Crippen LogP contribution in [0.1, 0.15) is 60.9 Å². The summed E-state index contributed by atoms with van der Waals surface area (Å²) in [5.74, 6) is 0.613. The van der Waals surface area contributed by atoms with Crippen molar-refractivity contribution in [1.29, 1.82) is 0 Å². The maximum atomic E-state index is 13.0. The van der Waals surface area contributed by atoms with Gasteiger partial charge in [-0.2, -0.15) is 0 Å². The number of piperidine rings is 1. The third kappa shape index (κ3) is 4.04. The predicted molar refractivity (Wildman–Crippen MR) is 120 cm³/mol. The minimum atomic E-state index is -0.434. The van der Waals surface area contributed by atoms with Crippen LogP contribution in [0.4, 0.5) is 0 Å². The number of allylic oxidation sites excluding steroid dienone is 1. The molecule has 0 radical (unpaired) electrons. The fraction of sp³-hybridized carbons (Fsp3) is 0.600. The van der Waals surface area contributed by atoms with Gasteiger partial charge in [-0.15, -0.1) is 0 Å². The number of hydrogen-bond acceptors (Lipinski definition) is 5. The molecule has 0 spiro atoms. The molecule has 7 heteroatoms. The lowest BCUT2D eigenvalue weighted by Crippen LogP contribution is -2.59. The number of nitrogens with zero attached hydrogens (tertiary/aromatic N) is 2. The van der Waals surface area contributed by atoms with Crippen molar-refractivity contribution in [2.75, 3.05) is 20.2 Å². The van der Waals surface area contributed by atoms with Crippen molar-refractivity contribution in [3.8, 4) is 5.75 Å². The van der Waals surface area contributed by atoms with Crippen LogP contribution in [0, 0.1) is 0 Å². The summed E-state index contributed by atoms with van der Waals surface area (Å²) in [6.45, 7) is 6.24. The Kier molecular flexibility index (Phi) is 5.95. The molecule has 3 aliphatic heterocycles. The Balaban J connectivity index is 1.29. The molecule has 0 bridgehead atoms. The minimum Gasteiger partial charge on any atom is -0.489 e. The standard InChI is InChI=1S/C25H33N3O4/c1-16-8-11-22(24(29)26-16)28-13-17-12-18(9-10-20(17)25(28)30)32-23-7-5-3-4-6-21(23)27-14-19(15-27)31-2/h9-10,12,19,21-23H,1,3-8,11,13-15H2,2H3,(H,26,29)/t21-,22?,23+/m1/s1. The van der Waals surface area contributed by atoms with Crippen molar-refractivity contribution in [2.24, 2.45) is 0 Å². The molecule has 1 aromatic carbocycles. The Bertz CT molecular complexity index is 910. The molecule has 4 aliphatic rings. The number of methoxy groups -OCH3 is 1. The molecule has 2 saturated heterocycles. The molecule has 0 aromatic heterocycles. The highest BCUT2D eigenvalue weighted by atomic mass is 16.5. The SMILES string of the molecule is C=C1CCC(N2Cc3cc(O[C@H]4CCCCC[C@H]4N4CC(OC)C4)ccc3C2=O)C(=O)N1. The van der Waals surface area contributed by atoms with Crippen LogP contribution in [0.3, 0.4) is 0 Å². The van der Waals surface area contributed by atoms with Crippen LogP contribution in [-0.4, -0.2) is 66.1 Å². The van der Waals surface area contributed by atoms with Crippen molar-refractivity contribution in [3.63, 3.8) is 0 Å².